The van der Waals surface area contributed by atoms with Crippen LogP contribution in [0.3, 0.4) is 0 Å². The third-order valence-corrected chi connectivity index (χ3v) is 5.52. The lowest BCUT2D eigenvalue weighted by atomic mass is 9.73. The van der Waals surface area contributed by atoms with Gasteiger partial charge >= 0.3 is 6.03 Å². The van der Waals surface area contributed by atoms with Crippen molar-refractivity contribution in [2.24, 2.45) is 5.92 Å². The van der Waals surface area contributed by atoms with Crippen molar-refractivity contribution in [3.8, 4) is 0 Å². The highest BCUT2D eigenvalue weighted by atomic mass is 35.5. The van der Waals surface area contributed by atoms with Crippen LogP contribution in [-0.4, -0.2) is 65.4 Å². The molecule has 0 aromatic rings. The third-order valence-electron chi connectivity index (χ3n) is 5.52. The summed E-state index contributed by atoms with van der Waals surface area (Å²) in [4.78, 5) is 40.5. The van der Waals surface area contributed by atoms with Crippen molar-refractivity contribution in [3.05, 3.63) is 0 Å². The Kier molecular flexibility index (Phi) is 5.75. The predicted molar refractivity (Wildman–Crippen MR) is 91.9 cm³/mol. The molecule has 8 heteroatoms. The fourth-order valence-corrected chi connectivity index (χ4v) is 4.03. The highest BCUT2D eigenvalue weighted by Crippen LogP contribution is 2.38. The van der Waals surface area contributed by atoms with E-state index in [1.54, 1.807) is 4.90 Å². The largest absolute Gasteiger partial charge is 0.338 e. The number of hydrogen-bond acceptors (Lipinski definition) is 4. The van der Waals surface area contributed by atoms with Crippen molar-refractivity contribution in [3.63, 3.8) is 0 Å². The molecule has 2 aliphatic heterocycles. The molecule has 1 spiro atoms. The molecule has 3 rings (SSSR count). The molecule has 0 radical (unpaired) electrons. The van der Waals surface area contributed by atoms with E-state index in [9.17, 15) is 14.4 Å². The Hall–Kier alpha value is -1.34. The second kappa shape index (κ2) is 7.27. The fraction of sp³-hybridized carbons (Fsp3) is 0.812. The molecule has 2 saturated heterocycles. The van der Waals surface area contributed by atoms with Crippen molar-refractivity contribution in [1.82, 2.24) is 20.4 Å². The lowest BCUT2D eigenvalue weighted by Gasteiger charge is -2.37. The van der Waals surface area contributed by atoms with Crippen molar-refractivity contribution in [2.45, 2.75) is 51.1 Å². The number of urea groups is 1. The molecule has 3 atom stereocenters. The number of halogens is 1. The number of carbonyl (C=O) groups excluding carboxylic acids is 3. The summed E-state index contributed by atoms with van der Waals surface area (Å²) in [6, 6.07) is -0.180. The van der Waals surface area contributed by atoms with Crippen molar-refractivity contribution >= 4 is 30.3 Å². The minimum Gasteiger partial charge on any atom is -0.338 e. The Labute approximate surface area is 148 Å². The summed E-state index contributed by atoms with van der Waals surface area (Å²) in [5.41, 5.74) is -0.785. The van der Waals surface area contributed by atoms with Crippen LogP contribution in [0, 0.1) is 5.92 Å². The van der Waals surface area contributed by atoms with Gasteiger partial charge in [0.2, 0.25) is 5.91 Å². The first kappa shape index (κ1) is 19.0. The van der Waals surface area contributed by atoms with Crippen LogP contribution < -0.4 is 10.6 Å². The first-order valence-corrected chi connectivity index (χ1v) is 8.59. The second-order valence-electron chi connectivity index (χ2n) is 7.13. The molecule has 3 aliphatic rings. The van der Waals surface area contributed by atoms with Gasteiger partial charge < -0.3 is 15.5 Å². The number of imide groups is 1. The SMILES string of the molecule is CC1CN(C(=O)CN2C(=O)NC3(CCCCC3C)C2=O)CCN1.Cl. The highest BCUT2D eigenvalue weighted by molar-refractivity contribution is 6.09. The number of hydrogen-bond donors (Lipinski definition) is 2. The van der Waals surface area contributed by atoms with E-state index in [1.165, 1.54) is 0 Å². The first-order chi connectivity index (χ1) is 10.9. The van der Waals surface area contributed by atoms with Crippen molar-refractivity contribution in [2.75, 3.05) is 26.2 Å². The molecule has 0 aromatic heterocycles. The van der Waals surface area contributed by atoms with Gasteiger partial charge in [0.25, 0.3) is 5.91 Å². The highest BCUT2D eigenvalue weighted by Gasteiger charge is 2.55. The van der Waals surface area contributed by atoms with Gasteiger partial charge in [0.1, 0.15) is 12.1 Å². The summed E-state index contributed by atoms with van der Waals surface area (Å²) in [6.07, 6.45) is 3.63. The average molecular weight is 359 g/mol. The molecule has 2 N–H and O–H groups in total. The second-order valence-corrected chi connectivity index (χ2v) is 7.13. The molecular formula is C16H27ClN4O3. The standard InChI is InChI=1S/C16H26N4O3.ClH/c1-11-5-3-4-6-16(11)14(22)20(15(23)18-16)10-13(21)19-8-7-17-12(2)9-19;/h11-12,17H,3-10H2,1-2H3,(H,18,23);1H. The van der Waals surface area contributed by atoms with Crippen molar-refractivity contribution < 1.29 is 14.4 Å². The van der Waals surface area contributed by atoms with Crippen LogP contribution in [0.25, 0.3) is 0 Å². The maximum absolute atomic E-state index is 12.8. The Morgan fingerprint density at radius 3 is 2.71 bits per heavy atom. The van der Waals surface area contributed by atoms with Crippen LogP contribution in [0.5, 0.6) is 0 Å². The molecule has 24 heavy (non-hydrogen) atoms. The van der Waals surface area contributed by atoms with Crippen LogP contribution in [0.15, 0.2) is 0 Å². The fourth-order valence-electron chi connectivity index (χ4n) is 4.03. The quantitative estimate of drug-likeness (QED) is 0.713. The third kappa shape index (κ3) is 3.24. The van der Waals surface area contributed by atoms with Crippen LogP contribution in [0.1, 0.15) is 39.5 Å². The average Bonchev–Trinajstić information content (AvgIpc) is 2.75. The lowest BCUT2D eigenvalue weighted by Crippen LogP contribution is -2.55. The Morgan fingerprint density at radius 2 is 2.04 bits per heavy atom. The van der Waals surface area contributed by atoms with Crippen LogP contribution in [0.4, 0.5) is 4.79 Å². The van der Waals surface area contributed by atoms with Crippen LogP contribution in [0.2, 0.25) is 0 Å². The van der Waals surface area contributed by atoms with Gasteiger partial charge in [-0.25, -0.2) is 4.79 Å². The van der Waals surface area contributed by atoms with E-state index in [0.29, 0.717) is 19.5 Å². The Balaban J connectivity index is 0.00000208. The molecule has 136 valence electrons. The topological polar surface area (TPSA) is 81.8 Å². The normalized spacial score (nSPS) is 33.4. The zero-order chi connectivity index (χ0) is 16.6. The zero-order valence-electron chi connectivity index (χ0n) is 14.3. The summed E-state index contributed by atoms with van der Waals surface area (Å²) in [5.74, 6) is -0.249. The zero-order valence-corrected chi connectivity index (χ0v) is 15.2. The maximum Gasteiger partial charge on any atom is 0.325 e. The molecule has 3 fully saturated rings. The van der Waals surface area contributed by atoms with E-state index < -0.39 is 11.6 Å². The Bertz CT molecular complexity index is 529. The van der Waals surface area contributed by atoms with E-state index in [0.717, 1.165) is 30.7 Å². The Morgan fingerprint density at radius 1 is 1.29 bits per heavy atom. The molecule has 2 heterocycles. The molecule has 0 bridgehead atoms. The first-order valence-electron chi connectivity index (χ1n) is 8.59. The lowest BCUT2D eigenvalue weighted by molar-refractivity contribution is -0.141. The van der Waals surface area contributed by atoms with Crippen molar-refractivity contribution in [1.29, 1.82) is 0 Å². The molecule has 3 unspecified atom stereocenters. The maximum atomic E-state index is 12.8. The number of amides is 4. The van der Waals surface area contributed by atoms with Crippen LogP contribution >= 0.6 is 12.4 Å². The van der Waals surface area contributed by atoms with Gasteiger partial charge in [0, 0.05) is 25.7 Å². The van der Waals surface area contributed by atoms with Gasteiger partial charge in [-0.15, -0.1) is 12.4 Å². The molecular weight excluding hydrogens is 332 g/mol. The van der Waals surface area contributed by atoms with E-state index >= 15 is 0 Å². The molecule has 4 amide bonds. The summed E-state index contributed by atoms with van der Waals surface area (Å²) in [7, 11) is 0. The number of carbonyl (C=O) groups is 3. The van der Waals surface area contributed by atoms with E-state index in [1.807, 2.05) is 13.8 Å². The van der Waals surface area contributed by atoms with Crippen LogP contribution in [-0.2, 0) is 9.59 Å². The monoisotopic (exact) mass is 358 g/mol. The minimum atomic E-state index is -0.785. The molecule has 0 aromatic carbocycles. The summed E-state index contributed by atoms with van der Waals surface area (Å²) < 4.78 is 0. The van der Waals surface area contributed by atoms with E-state index in [2.05, 4.69) is 10.6 Å². The van der Waals surface area contributed by atoms with Gasteiger partial charge in [0.15, 0.2) is 0 Å². The predicted octanol–water partition coefficient (Wildman–Crippen LogP) is 0.729. The summed E-state index contributed by atoms with van der Waals surface area (Å²) in [6.45, 7) is 5.87. The van der Waals surface area contributed by atoms with E-state index in [4.69, 9.17) is 0 Å². The van der Waals surface area contributed by atoms with Gasteiger partial charge in [-0.1, -0.05) is 19.8 Å². The number of nitrogens with zero attached hydrogens (tertiary/aromatic N) is 2. The van der Waals surface area contributed by atoms with Gasteiger partial charge in [0.05, 0.1) is 0 Å². The smallest absolute Gasteiger partial charge is 0.325 e. The van der Waals surface area contributed by atoms with Gasteiger partial charge in [-0.2, -0.15) is 0 Å². The number of piperazine rings is 1. The van der Waals surface area contributed by atoms with E-state index in [-0.39, 0.29) is 42.7 Å². The summed E-state index contributed by atoms with van der Waals surface area (Å²) in [5, 5.41) is 6.17. The molecule has 7 nitrogen and oxygen atoms in total. The minimum absolute atomic E-state index is 0. The van der Waals surface area contributed by atoms with Gasteiger partial charge in [-0.05, 0) is 25.7 Å². The van der Waals surface area contributed by atoms with Gasteiger partial charge in [-0.3, -0.25) is 14.5 Å². The summed E-state index contributed by atoms with van der Waals surface area (Å²) >= 11 is 0. The number of rotatable bonds is 2. The molecule has 1 aliphatic carbocycles. The molecule has 1 saturated carbocycles. The number of nitrogens with one attached hydrogen (secondary N) is 2.